The molecular weight excluding hydrogens is 397 g/mol. The summed E-state index contributed by atoms with van der Waals surface area (Å²) in [5, 5.41) is 5.25. The van der Waals surface area contributed by atoms with E-state index < -0.39 is 17.8 Å². The number of halogens is 3. The number of imide groups is 1. The molecule has 1 saturated carbocycles. The highest BCUT2D eigenvalue weighted by molar-refractivity contribution is 5.95. The normalized spacial score (nSPS) is 19.4. The molecule has 1 saturated heterocycles. The van der Waals surface area contributed by atoms with E-state index in [4.69, 9.17) is 0 Å². The summed E-state index contributed by atoms with van der Waals surface area (Å²) in [6, 6.07) is 5.09. The van der Waals surface area contributed by atoms with Crippen LogP contribution in [0.15, 0.2) is 24.3 Å². The topological polar surface area (TPSA) is 64.7 Å². The lowest BCUT2D eigenvalue weighted by Gasteiger charge is -2.34. The van der Waals surface area contributed by atoms with Gasteiger partial charge < -0.3 is 5.32 Å². The molecule has 1 heterocycles. The average Bonchev–Trinajstić information content (AvgIpc) is 2.69. The molecule has 0 radical (unpaired) electrons. The summed E-state index contributed by atoms with van der Waals surface area (Å²) in [5.74, 6) is -0.338. The van der Waals surface area contributed by atoms with Crippen molar-refractivity contribution in [1.82, 2.24) is 20.4 Å². The lowest BCUT2D eigenvalue weighted by Crippen LogP contribution is -2.51. The van der Waals surface area contributed by atoms with Crippen molar-refractivity contribution < 1.29 is 22.8 Å². The predicted octanol–water partition coefficient (Wildman–Crippen LogP) is 2.98. The highest BCUT2D eigenvalue weighted by Gasteiger charge is 2.30. The number of urea groups is 1. The first kappa shape index (κ1) is 22.6. The van der Waals surface area contributed by atoms with Crippen LogP contribution in [-0.2, 0) is 17.5 Å². The van der Waals surface area contributed by atoms with Gasteiger partial charge in [0.15, 0.2) is 0 Å². The van der Waals surface area contributed by atoms with Crippen LogP contribution in [0.3, 0.4) is 0 Å². The first-order valence-electron chi connectivity index (χ1n) is 10.5. The second kappa shape index (κ2) is 10.3. The van der Waals surface area contributed by atoms with E-state index in [0.717, 1.165) is 31.7 Å². The Morgan fingerprint density at radius 1 is 1.00 bits per heavy atom. The monoisotopic (exact) mass is 426 g/mol. The number of amides is 3. The van der Waals surface area contributed by atoms with E-state index in [9.17, 15) is 22.8 Å². The number of nitrogens with one attached hydrogen (secondary N) is 2. The molecule has 1 aromatic carbocycles. The van der Waals surface area contributed by atoms with Gasteiger partial charge in [0.05, 0.1) is 12.1 Å². The molecular formula is C21H29F3N4O2. The number of nitrogens with zero attached hydrogens (tertiary/aromatic N) is 2. The lowest BCUT2D eigenvalue weighted by molar-refractivity contribution is -0.137. The number of piperazine rings is 1. The number of carbonyl (C=O) groups is 2. The first-order chi connectivity index (χ1) is 14.3. The standard InChI is InChI=1S/C21H29F3N4O2/c22-21(23,24)17-6-4-5-16(13-17)14-27-9-11-28(12-10-27)15-19(29)26-20(30)25-18-7-2-1-3-8-18/h4-6,13,18H,1-3,7-12,14-15H2,(H2,25,26,29,30). The molecule has 3 amide bonds. The maximum Gasteiger partial charge on any atom is 0.416 e. The molecule has 30 heavy (non-hydrogen) atoms. The summed E-state index contributed by atoms with van der Waals surface area (Å²) < 4.78 is 38.6. The predicted molar refractivity (Wildman–Crippen MR) is 107 cm³/mol. The quantitative estimate of drug-likeness (QED) is 0.760. The smallest absolute Gasteiger partial charge is 0.335 e. The first-order valence-corrected chi connectivity index (χ1v) is 10.5. The Labute approximate surface area is 174 Å². The van der Waals surface area contributed by atoms with Gasteiger partial charge in [-0.3, -0.25) is 19.9 Å². The summed E-state index contributed by atoms with van der Waals surface area (Å²) in [4.78, 5) is 28.1. The molecule has 166 valence electrons. The highest BCUT2D eigenvalue weighted by atomic mass is 19.4. The molecule has 0 aromatic heterocycles. The molecule has 2 N–H and O–H groups in total. The minimum Gasteiger partial charge on any atom is -0.335 e. The van der Waals surface area contributed by atoms with Gasteiger partial charge in [-0.15, -0.1) is 0 Å². The Bertz CT molecular complexity index is 727. The minimum atomic E-state index is -4.34. The maximum absolute atomic E-state index is 12.9. The van der Waals surface area contributed by atoms with Crippen LogP contribution >= 0.6 is 0 Å². The molecule has 3 rings (SSSR count). The second-order valence-electron chi connectivity index (χ2n) is 8.11. The van der Waals surface area contributed by atoms with Crippen LogP contribution in [0.5, 0.6) is 0 Å². The van der Waals surface area contributed by atoms with Gasteiger partial charge in [-0.1, -0.05) is 37.5 Å². The van der Waals surface area contributed by atoms with E-state index in [-0.39, 0.29) is 18.5 Å². The van der Waals surface area contributed by atoms with Gasteiger partial charge in [-0.25, -0.2) is 4.79 Å². The van der Waals surface area contributed by atoms with Crippen LogP contribution in [0, 0.1) is 0 Å². The van der Waals surface area contributed by atoms with Crippen LogP contribution in [0.25, 0.3) is 0 Å². The van der Waals surface area contributed by atoms with Crippen molar-refractivity contribution >= 4 is 11.9 Å². The van der Waals surface area contributed by atoms with E-state index in [0.29, 0.717) is 38.3 Å². The van der Waals surface area contributed by atoms with E-state index in [1.54, 1.807) is 6.07 Å². The van der Waals surface area contributed by atoms with Crippen molar-refractivity contribution in [2.45, 2.75) is 50.9 Å². The van der Waals surface area contributed by atoms with E-state index >= 15 is 0 Å². The van der Waals surface area contributed by atoms with Gasteiger partial charge in [0.1, 0.15) is 0 Å². The van der Waals surface area contributed by atoms with E-state index in [2.05, 4.69) is 15.5 Å². The fourth-order valence-electron chi connectivity index (χ4n) is 4.05. The highest BCUT2D eigenvalue weighted by Crippen LogP contribution is 2.29. The molecule has 0 unspecified atom stereocenters. The molecule has 2 fully saturated rings. The van der Waals surface area contributed by atoms with Crippen molar-refractivity contribution in [3.63, 3.8) is 0 Å². The van der Waals surface area contributed by atoms with Crippen molar-refractivity contribution in [2.24, 2.45) is 0 Å². The van der Waals surface area contributed by atoms with Crippen LogP contribution in [-0.4, -0.2) is 60.5 Å². The molecule has 9 heteroatoms. The van der Waals surface area contributed by atoms with Gasteiger partial charge in [-0.2, -0.15) is 13.2 Å². The molecule has 0 bridgehead atoms. The summed E-state index contributed by atoms with van der Waals surface area (Å²) in [6.45, 7) is 3.12. The Hall–Kier alpha value is -2.13. The van der Waals surface area contributed by atoms with Crippen LogP contribution in [0.2, 0.25) is 0 Å². The third-order valence-corrected chi connectivity index (χ3v) is 5.69. The molecule has 1 aromatic rings. The SMILES string of the molecule is O=C(CN1CCN(Cc2cccc(C(F)(F)F)c2)CC1)NC(=O)NC1CCCCC1. The summed E-state index contributed by atoms with van der Waals surface area (Å²) in [5.41, 5.74) is -0.0165. The zero-order chi connectivity index (χ0) is 21.6. The Kier molecular flexibility index (Phi) is 7.71. The molecule has 2 aliphatic rings. The number of carbonyl (C=O) groups excluding carboxylic acids is 2. The van der Waals surface area contributed by atoms with Crippen LogP contribution < -0.4 is 10.6 Å². The summed E-state index contributed by atoms with van der Waals surface area (Å²) in [6.07, 6.45) is 0.960. The van der Waals surface area contributed by atoms with Crippen molar-refractivity contribution in [2.75, 3.05) is 32.7 Å². The Morgan fingerprint density at radius 3 is 2.33 bits per heavy atom. The number of rotatable bonds is 5. The number of hydrogen-bond donors (Lipinski definition) is 2. The van der Waals surface area contributed by atoms with Crippen LogP contribution in [0.4, 0.5) is 18.0 Å². The Morgan fingerprint density at radius 2 is 1.67 bits per heavy atom. The molecule has 0 atom stereocenters. The summed E-state index contributed by atoms with van der Waals surface area (Å²) in [7, 11) is 0. The fraction of sp³-hybridized carbons (Fsp3) is 0.619. The van der Waals surface area contributed by atoms with Crippen LogP contribution in [0.1, 0.15) is 43.2 Å². The fourth-order valence-corrected chi connectivity index (χ4v) is 4.05. The third kappa shape index (κ3) is 6.98. The van der Waals surface area contributed by atoms with Gasteiger partial charge in [-0.05, 0) is 24.5 Å². The maximum atomic E-state index is 12.9. The molecule has 6 nitrogen and oxygen atoms in total. The van der Waals surface area contributed by atoms with Gasteiger partial charge >= 0.3 is 12.2 Å². The number of alkyl halides is 3. The third-order valence-electron chi connectivity index (χ3n) is 5.69. The average molecular weight is 426 g/mol. The van der Waals surface area contributed by atoms with E-state index in [1.807, 2.05) is 4.90 Å². The number of hydrogen-bond acceptors (Lipinski definition) is 4. The van der Waals surface area contributed by atoms with Crippen molar-refractivity contribution in [1.29, 1.82) is 0 Å². The molecule has 1 aliphatic carbocycles. The Balaban J connectivity index is 1.38. The zero-order valence-electron chi connectivity index (χ0n) is 17.0. The van der Waals surface area contributed by atoms with Gasteiger partial charge in [0.2, 0.25) is 5.91 Å². The lowest BCUT2D eigenvalue weighted by atomic mass is 9.96. The van der Waals surface area contributed by atoms with Gasteiger partial charge in [0, 0.05) is 38.8 Å². The van der Waals surface area contributed by atoms with E-state index in [1.165, 1.54) is 18.6 Å². The zero-order valence-corrected chi connectivity index (χ0v) is 17.0. The molecule has 0 spiro atoms. The summed E-state index contributed by atoms with van der Waals surface area (Å²) >= 11 is 0. The number of benzene rings is 1. The minimum absolute atomic E-state index is 0.134. The van der Waals surface area contributed by atoms with Gasteiger partial charge in [0.25, 0.3) is 0 Å². The second-order valence-corrected chi connectivity index (χ2v) is 8.11. The van der Waals surface area contributed by atoms with Crippen molar-refractivity contribution in [3.8, 4) is 0 Å². The van der Waals surface area contributed by atoms with Crippen molar-refractivity contribution in [3.05, 3.63) is 35.4 Å². The largest absolute Gasteiger partial charge is 0.416 e. The molecule has 1 aliphatic heterocycles.